The highest BCUT2D eigenvalue weighted by Crippen LogP contribution is 2.35. The molecule has 1 saturated heterocycles. The van der Waals surface area contributed by atoms with Crippen LogP contribution in [0.5, 0.6) is 5.75 Å². The third-order valence-corrected chi connectivity index (χ3v) is 5.88. The molecule has 32 heavy (non-hydrogen) atoms. The van der Waals surface area contributed by atoms with Gasteiger partial charge in [-0.15, -0.1) is 0 Å². The predicted molar refractivity (Wildman–Crippen MR) is 115 cm³/mol. The van der Waals surface area contributed by atoms with E-state index in [-0.39, 0.29) is 12.5 Å². The van der Waals surface area contributed by atoms with Gasteiger partial charge >= 0.3 is 6.18 Å². The van der Waals surface area contributed by atoms with Gasteiger partial charge in [0.25, 0.3) is 5.91 Å². The number of halogens is 3. The smallest absolute Gasteiger partial charge is 0.411 e. The molecule has 0 saturated carbocycles. The fourth-order valence-corrected chi connectivity index (χ4v) is 4.19. The number of hydrogen-bond donors (Lipinski definition) is 1. The molecule has 8 heteroatoms. The van der Waals surface area contributed by atoms with Crippen LogP contribution in [-0.2, 0) is 11.3 Å². The molecule has 1 aromatic heterocycles. The predicted octanol–water partition coefficient (Wildman–Crippen LogP) is 5.28. The summed E-state index contributed by atoms with van der Waals surface area (Å²) in [5.74, 6) is 1.11. The molecule has 0 spiro atoms. The zero-order chi connectivity index (χ0) is 22.7. The van der Waals surface area contributed by atoms with Crippen molar-refractivity contribution in [3.63, 3.8) is 0 Å². The van der Waals surface area contributed by atoms with Crippen molar-refractivity contribution in [2.24, 2.45) is 0 Å². The van der Waals surface area contributed by atoms with Gasteiger partial charge in [-0.05, 0) is 60.2 Å². The number of H-pyrrole nitrogens is 1. The number of ether oxygens (including phenoxy) is 2. The van der Waals surface area contributed by atoms with Gasteiger partial charge in [-0.2, -0.15) is 13.2 Å². The highest BCUT2D eigenvalue weighted by atomic mass is 19.4. The minimum atomic E-state index is -4.35. The largest absolute Gasteiger partial charge is 0.497 e. The Labute approximate surface area is 184 Å². The molecule has 1 fully saturated rings. The average Bonchev–Trinajstić information content (AvgIpc) is 3.21. The van der Waals surface area contributed by atoms with Crippen molar-refractivity contribution >= 4 is 16.8 Å². The molecule has 0 bridgehead atoms. The van der Waals surface area contributed by atoms with Crippen molar-refractivity contribution in [2.45, 2.75) is 31.5 Å². The van der Waals surface area contributed by atoms with Gasteiger partial charge in [-0.25, -0.2) is 0 Å². The lowest BCUT2D eigenvalue weighted by molar-refractivity contribution is -0.176. The quantitative estimate of drug-likeness (QED) is 0.561. The number of rotatable bonds is 6. The number of fused-ring (bicyclic) bond motifs is 1. The van der Waals surface area contributed by atoms with Gasteiger partial charge < -0.3 is 19.4 Å². The fourth-order valence-electron chi connectivity index (χ4n) is 4.19. The van der Waals surface area contributed by atoms with E-state index in [2.05, 4.69) is 9.72 Å². The van der Waals surface area contributed by atoms with Gasteiger partial charge in [0.1, 0.15) is 12.4 Å². The van der Waals surface area contributed by atoms with E-state index in [4.69, 9.17) is 4.74 Å². The summed E-state index contributed by atoms with van der Waals surface area (Å²) in [4.78, 5) is 18.0. The Balaban J connectivity index is 1.35. The third-order valence-electron chi connectivity index (χ3n) is 5.88. The number of methoxy groups -OCH3 is 1. The van der Waals surface area contributed by atoms with E-state index in [0.717, 1.165) is 29.5 Å². The second-order valence-corrected chi connectivity index (χ2v) is 8.03. The van der Waals surface area contributed by atoms with Crippen LogP contribution in [0.15, 0.2) is 48.7 Å². The Bertz CT molecular complexity index is 1070. The number of nitrogens with zero attached hydrogens (tertiary/aromatic N) is 1. The molecule has 0 unspecified atom stereocenters. The fraction of sp³-hybridized carbons (Fsp3) is 0.375. The normalized spacial score (nSPS) is 15.3. The molecule has 0 radical (unpaired) electrons. The van der Waals surface area contributed by atoms with Crippen LogP contribution in [0, 0.1) is 0 Å². The van der Waals surface area contributed by atoms with Crippen molar-refractivity contribution < 1.29 is 27.4 Å². The summed E-state index contributed by atoms with van der Waals surface area (Å²) in [6, 6.07) is 12.5. The van der Waals surface area contributed by atoms with E-state index in [9.17, 15) is 18.0 Å². The molecule has 4 rings (SSSR count). The molecule has 2 heterocycles. The lowest BCUT2D eigenvalue weighted by Crippen LogP contribution is -2.37. The number of hydrogen-bond acceptors (Lipinski definition) is 3. The molecule has 0 aliphatic carbocycles. The van der Waals surface area contributed by atoms with Crippen LogP contribution in [0.4, 0.5) is 13.2 Å². The number of aromatic amines is 1. The number of piperidine rings is 1. The number of carbonyl (C=O) groups is 1. The first-order valence-corrected chi connectivity index (χ1v) is 10.5. The monoisotopic (exact) mass is 446 g/mol. The van der Waals surface area contributed by atoms with E-state index >= 15 is 0 Å². The topological polar surface area (TPSA) is 54.6 Å². The van der Waals surface area contributed by atoms with Gasteiger partial charge in [0.05, 0.1) is 13.7 Å². The van der Waals surface area contributed by atoms with Gasteiger partial charge in [0.15, 0.2) is 0 Å². The maximum atomic E-state index is 12.9. The van der Waals surface area contributed by atoms with Crippen LogP contribution in [0.1, 0.15) is 40.2 Å². The van der Waals surface area contributed by atoms with Crippen molar-refractivity contribution in [1.82, 2.24) is 9.88 Å². The molecule has 2 aromatic carbocycles. The van der Waals surface area contributed by atoms with Crippen LogP contribution in [0.3, 0.4) is 0 Å². The summed E-state index contributed by atoms with van der Waals surface area (Å²) in [6.07, 6.45) is -0.578. The summed E-state index contributed by atoms with van der Waals surface area (Å²) in [7, 11) is 1.65. The molecule has 5 nitrogen and oxygen atoms in total. The van der Waals surface area contributed by atoms with Crippen LogP contribution in [0.2, 0.25) is 0 Å². The van der Waals surface area contributed by atoms with Gasteiger partial charge in [0.2, 0.25) is 0 Å². The van der Waals surface area contributed by atoms with Crippen LogP contribution >= 0.6 is 0 Å². The van der Waals surface area contributed by atoms with Gasteiger partial charge in [-0.1, -0.05) is 12.1 Å². The average molecular weight is 446 g/mol. The molecular weight excluding hydrogens is 421 g/mol. The first-order valence-electron chi connectivity index (χ1n) is 10.5. The van der Waals surface area contributed by atoms with Crippen molar-refractivity contribution in [1.29, 1.82) is 0 Å². The SMILES string of the molecule is COc1ccc2[nH]cc(C3CCN(C(=O)c4ccc(COCC(F)(F)F)cc4)CC3)c2c1. The number of aromatic nitrogens is 1. The minimum Gasteiger partial charge on any atom is -0.497 e. The van der Waals surface area contributed by atoms with E-state index in [1.54, 1.807) is 31.4 Å². The van der Waals surface area contributed by atoms with Crippen molar-refractivity contribution in [3.8, 4) is 5.75 Å². The molecule has 1 N–H and O–H groups in total. The first kappa shape index (κ1) is 22.2. The van der Waals surface area contributed by atoms with E-state index < -0.39 is 12.8 Å². The lowest BCUT2D eigenvalue weighted by Gasteiger charge is -2.32. The Hall–Kier alpha value is -3.00. The maximum Gasteiger partial charge on any atom is 0.411 e. The highest BCUT2D eigenvalue weighted by Gasteiger charge is 2.28. The number of alkyl halides is 3. The lowest BCUT2D eigenvalue weighted by atomic mass is 9.89. The van der Waals surface area contributed by atoms with Gasteiger partial charge in [0, 0.05) is 35.8 Å². The number of nitrogens with one attached hydrogen (secondary N) is 1. The van der Waals surface area contributed by atoms with E-state index in [0.29, 0.717) is 30.1 Å². The van der Waals surface area contributed by atoms with Crippen LogP contribution < -0.4 is 4.74 Å². The number of amides is 1. The molecule has 170 valence electrons. The first-order chi connectivity index (χ1) is 15.3. The van der Waals surface area contributed by atoms with Gasteiger partial charge in [-0.3, -0.25) is 4.79 Å². The third kappa shape index (κ3) is 5.07. The van der Waals surface area contributed by atoms with Crippen molar-refractivity contribution in [2.75, 3.05) is 26.8 Å². The summed E-state index contributed by atoms with van der Waals surface area (Å²) < 4.78 is 46.6. The number of likely N-dealkylation sites (tertiary alicyclic amines) is 1. The molecular formula is C24H25F3N2O3. The molecule has 3 aromatic rings. The zero-order valence-corrected chi connectivity index (χ0v) is 17.7. The van der Waals surface area contributed by atoms with E-state index in [1.165, 1.54) is 5.56 Å². The van der Waals surface area contributed by atoms with Crippen molar-refractivity contribution in [3.05, 3.63) is 65.4 Å². The Morgan fingerprint density at radius 1 is 1.12 bits per heavy atom. The zero-order valence-electron chi connectivity index (χ0n) is 17.7. The Morgan fingerprint density at radius 2 is 1.84 bits per heavy atom. The molecule has 1 amide bonds. The Kier molecular flexibility index (Phi) is 6.41. The minimum absolute atomic E-state index is 0.0631. The molecule has 1 aliphatic rings. The summed E-state index contributed by atoms with van der Waals surface area (Å²) in [5.41, 5.74) is 3.44. The standard InChI is InChI=1S/C24H25F3N2O3/c1-31-19-6-7-22-20(12-19)21(13-28-22)17-8-10-29(11-9-17)23(30)18-4-2-16(3-5-18)14-32-15-24(25,26)27/h2-7,12-13,17,28H,8-11,14-15H2,1H3. The molecule has 0 atom stereocenters. The van der Waals surface area contributed by atoms with E-state index in [1.807, 2.05) is 29.3 Å². The van der Waals surface area contributed by atoms with Crippen LogP contribution in [0.25, 0.3) is 10.9 Å². The second-order valence-electron chi connectivity index (χ2n) is 8.03. The summed E-state index contributed by atoms with van der Waals surface area (Å²) in [6.45, 7) is -0.131. The number of carbonyl (C=O) groups excluding carboxylic acids is 1. The highest BCUT2D eigenvalue weighted by molar-refractivity contribution is 5.94. The number of benzene rings is 2. The molecule has 1 aliphatic heterocycles. The second kappa shape index (κ2) is 9.24. The Morgan fingerprint density at radius 3 is 2.50 bits per heavy atom. The summed E-state index contributed by atoms with van der Waals surface area (Å²) >= 11 is 0. The van der Waals surface area contributed by atoms with Crippen LogP contribution in [-0.4, -0.2) is 48.8 Å². The summed E-state index contributed by atoms with van der Waals surface area (Å²) in [5, 5.41) is 1.15. The maximum absolute atomic E-state index is 12.9.